The number of aromatic nitrogens is 2. The van der Waals surface area contributed by atoms with Crippen LogP contribution in [0.25, 0.3) is 0 Å². The zero-order chi connectivity index (χ0) is 17.5. The lowest BCUT2D eigenvalue weighted by atomic mass is 10.1. The lowest BCUT2D eigenvalue weighted by Crippen LogP contribution is -2.39. The van der Waals surface area contributed by atoms with Crippen LogP contribution in [0.3, 0.4) is 0 Å². The van der Waals surface area contributed by atoms with Crippen LogP contribution in [0.1, 0.15) is 51.2 Å². The van der Waals surface area contributed by atoms with Gasteiger partial charge in [0.25, 0.3) is 0 Å². The van der Waals surface area contributed by atoms with Crippen molar-refractivity contribution in [3.63, 3.8) is 0 Å². The zero-order valence-corrected chi connectivity index (χ0v) is 16.1. The summed E-state index contributed by atoms with van der Waals surface area (Å²) in [5, 5.41) is 4.12. The Bertz CT molecular complexity index is 518. The van der Waals surface area contributed by atoms with Gasteiger partial charge in [-0.25, -0.2) is 0 Å². The van der Waals surface area contributed by atoms with Gasteiger partial charge in [0.2, 0.25) is 11.8 Å². The number of hydrogen-bond acceptors (Lipinski definition) is 6. The van der Waals surface area contributed by atoms with Crippen molar-refractivity contribution in [3.8, 4) is 0 Å². The summed E-state index contributed by atoms with van der Waals surface area (Å²) in [6, 6.07) is 0.473. The third-order valence-electron chi connectivity index (χ3n) is 4.78. The molecule has 136 valence electrons. The second-order valence-electron chi connectivity index (χ2n) is 6.34. The molecule has 2 heterocycles. The van der Waals surface area contributed by atoms with Crippen molar-refractivity contribution < 1.29 is 9.32 Å². The van der Waals surface area contributed by atoms with Crippen molar-refractivity contribution in [1.29, 1.82) is 0 Å². The predicted octanol–water partition coefficient (Wildman–Crippen LogP) is 2.72. The van der Waals surface area contributed by atoms with E-state index in [1.54, 1.807) is 11.8 Å². The summed E-state index contributed by atoms with van der Waals surface area (Å²) in [5.74, 6) is 1.67. The second kappa shape index (κ2) is 9.42. The summed E-state index contributed by atoms with van der Waals surface area (Å²) in [6.45, 7) is 9.47. The van der Waals surface area contributed by atoms with Gasteiger partial charge in [-0.2, -0.15) is 16.7 Å². The molecule has 1 saturated heterocycles. The fraction of sp³-hybridized carbons (Fsp3) is 0.824. The Labute approximate surface area is 149 Å². The van der Waals surface area contributed by atoms with Crippen LogP contribution in [-0.2, 0) is 11.3 Å². The predicted molar refractivity (Wildman–Crippen MR) is 96.9 cm³/mol. The Morgan fingerprint density at radius 2 is 2.21 bits per heavy atom. The molecule has 0 aromatic carbocycles. The third kappa shape index (κ3) is 4.96. The third-order valence-corrected chi connectivity index (χ3v) is 5.88. The summed E-state index contributed by atoms with van der Waals surface area (Å²) >= 11 is 1.67. The van der Waals surface area contributed by atoms with E-state index in [1.165, 1.54) is 0 Å². The number of nitrogens with zero attached hydrogens (tertiary/aromatic N) is 4. The molecular formula is C17H30N4O2S. The lowest BCUT2D eigenvalue weighted by molar-refractivity contribution is -0.130. The number of thioether (sulfide) groups is 1. The quantitative estimate of drug-likeness (QED) is 0.750. The van der Waals surface area contributed by atoms with Crippen LogP contribution >= 0.6 is 11.8 Å². The average molecular weight is 355 g/mol. The first kappa shape index (κ1) is 19.2. The summed E-state index contributed by atoms with van der Waals surface area (Å²) in [4.78, 5) is 21.4. The molecular weight excluding hydrogens is 324 g/mol. The fourth-order valence-electron chi connectivity index (χ4n) is 3.40. The highest BCUT2D eigenvalue weighted by Crippen LogP contribution is 2.21. The number of amides is 1. The van der Waals surface area contributed by atoms with Gasteiger partial charge < -0.3 is 9.42 Å². The molecule has 0 saturated carbocycles. The first-order valence-corrected chi connectivity index (χ1v) is 10.2. The first-order valence-electron chi connectivity index (χ1n) is 8.93. The molecule has 0 N–H and O–H groups in total. The maximum atomic E-state index is 12.6. The van der Waals surface area contributed by atoms with Crippen molar-refractivity contribution >= 4 is 17.7 Å². The van der Waals surface area contributed by atoms with Crippen LogP contribution in [0.2, 0.25) is 0 Å². The van der Waals surface area contributed by atoms with E-state index in [9.17, 15) is 4.79 Å². The van der Waals surface area contributed by atoms with E-state index in [1.807, 2.05) is 13.2 Å². The Hall–Kier alpha value is -1.08. The minimum atomic E-state index is 0.103. The van der Waals surface area contributed by atoms with E-state index in [0.29, 0.717) is 17.8 Å². The highest BCUT2D eigenvalue weighted by atomic mass is 32.2. The molecule has 6 nitrogen and oxygen atoms in total. The molecule has 2 atom stereocenters. The number of rotatable bonds is 7. The number of aryl methyl sites for hydroxylation is 1. The molecule has 1 fully saturated rings. The van der Waals surface area contributed by atoms with E-state index in [4.69, 9.17) is 4.52 Å². The standard InChI is InChI=1S/C17H30N4O2S/c1-5-15(24-4)17(22)21-10-7-8-14(9-11-21)20(6-2)12-16-18-13(3)23-19-16/h14-15H,5-12H2,1-4H3/t14-,15-/m1/s1. The van der Waals surface area contributed by atoms with Gasteiger partial charge in [0, 0.05) is 26.1 Å². The Balaban J connectivity index is 1.94. The van der Waals surface area contributed by atoms with Crippen molar-refractivity contribution in [2.75, 3.05) is 25.9 Å². The highest BCUT2D eigenvalue weighted by Gasteiger charge is 2.27. The molecule has 7 heteroatoms. The van der Waals surface area contributed by atoms with Gasteiger partial charge in [-0.15, -0.1) is 0 Å². The second-order valence-corrected chi connectivity index (χ2v) is 7.38. The molecule has 1 aromatic heterocycles. The van der Waals surface area contributed by atoms with Crippen LogP contribution in [0.15, 0.2) is 4.52 Å². The monoisotopic (exact) mass is 354 g/mol. The molecule has 0 unspecified atom stereocenters. The number of likely N-dealkylation sites (tertiary alicyclic amines) is 1. The first-order chi connectivity index (χ1) is 11.6. The van der Waals surface area contributed by atoms with Crippen LogP contribution in [0.4, 0.5) is 0 Å². The van der Waals surface area contributed by atoms with Crippen molar-refractivity contribution in [3.05, 3.63) is 11.7 Å². The van der Waals surface area contributed by atoms with E-state index in [-0.39, 0.29) is 5.25 Å². The normalized spacial score (nSPS) is 20.2. The van der Waals surface area contributed by atoms with Crippen molar-refractivity contribution in [2.24, 2.45) is 0 Å². The topological polar surface area (TPSA) is 62.5 Å². The molecule has 0 spiro atoms. The molecule has 0 radical (unpaired) electrons. The Morgan fingerprint density at radius 1 is 1.42 bits per heavy atom. The fourth-order valence-corrected chi connectivity index (χ4v) is 4.08. The number of hydrogen-bond donors (Lipinski definition) is 0. The summed E-state index contributed by atoms with van der Waals surface area (Å²) in [5.41, 5.74) is 0. The van der Waals surface area contributed by atoms with Gasteiger partial charge in [0.1, 0.15) is 0 Å². The van der Waals surface area contributed by atoms with Gasteiger partial charge in [-0.05, 0) is 38.5 Å². The molecule has 2 rings (SSSR count). The van der Waals surface area contributed by atoms with Crippen molar-refractivity contribution in [1.82, 2.24) is 19.9 Å². The average Bonchev–Trinajstić information content (AvgIpc) is 2.85. The molecule has 1 amide bonds. The van der Waals surface area contributed by atoms with Crippen LogP contribution in [-0.4, -0.2) is 63.0 Å². The van der Waals surface area contributed by atoms with Crippen LogP contribution < -0.4 is 0 Å². The summed E-state index contributed by atoms with van der Waals surface area (Å²) < 4.78 is 5.08. The van der Waals surface area contributed by atoms with Crippen LogP contribution in [0.5, 0.6) is 0 Å². The summed E-state index contributed by atoms with van der Waals surface area (Å²) in [6.07, 6.45) is 6.12. The zero-order valence-electron chi connectivity index (χ0n) is 15.3. The molecule has 0 aliphatic carbocycles. The number of carbonyl (C=O) groups is 1. The molecule has 24 heavy (non-hydrogen) atoms. The molecule has 1 aliphatic rings. The largest absolute Gasteiger partial charge is 0.342 e. The van der Waals surface area contributed by atoms with Gasteiger partial charge in [-0.1, -0.05) is 19.0 Å². The van der Waals surface area contributed by atoms with Gasteiger partial charge in [-0.3, -0.25) is 9.69 Å². The minimum absolute atomic E-state index is 0.103. The van der Waals surface area contributed by atoms with E-state index < -0.39 is 0 Å². The van der Waals surface area contributed by atoms with E-state index >= 15 is 0 Å². The smallest absolute Gasteiger partial charge is 0.235 e. The molecule has 1 aliphatic heterocycles. The maximum Gasteiger partial charge on any atom is 0.235 e. The van der Waals surface area contributed by atoms with Gasteiger partial charge in [0.05, 0.1) is 11.8 Å². The van der Waals surface area contributed by atoms with E-state index in [2.05, 4.69) is 33.8 Å². The van der Waals surface area contributed by atoms with Crippen LogP contribution in [0, 0.1) is 6.92 Å². The Kier molecular flexibility index (Phi) is 7.55. The summed E-state index contributed by atoms with van der Waals surface area (Å²) in [7, 11) is 0. The van der Waals surface area contributed by atoms with Gasteiger partial charge in [0.15, 0.2) is 5.82 Å². The molecule has 1 aromatic rings. The Morgan fingerprint density at radius 3 is 2.79 bits per heavy atom. The lowest BCUT2D eigenvalue weighted by Gasteiger charge is -2.29. The number of carbonyl (C=O) groups excluding carboxylic acids is 1. The SMILES string of the molecule is CC[C@@H](SC)C(=O)N1CCC[C@@H](N(CC)Cc2noc(C)n2)CC1. The minimum Gasteiger partial charge on any atom is -0.342 e. The van der Waals surface area contributed by atoms with Crippen molar-refractivity contribution in [2.45, 2.75) is 64.3 Å². The van der Waals surface area contributed by atoms with Gasteiger partial charge >= 0.3 is 0 Å². The highest BCUT2D eigenvalue weighted by molar-refractivity contribution is 7.99. The maximum absolute atomic E-state index is 12.6. The molecule has 0 bridgehead atoms. The van der Waals surface area contributed by atoms with E-state index in [0.717, 1.165) is 57.7 Å².